The van der Waals surface area contributed by atoms with Crippen LogP contribution in [0, 0.1) is 12.8 Å². The molecule has 1 unspecified atom stereocenters. The minimum atomic E-state index is 0.443. The van der Waals surface area contributed by atoms with Crippen LogP contribution in [0.5, 0.6) is 0 Å². The van der Waals surface area contributed by atoms with E-state index in [0.717, 1.165) is 23.6 Å². The van der Waals surface area contributed by atoms with Crippen molar-refractivity contribution < 1.29 is 4.52 Å². The molecular formula is C14H18N4O. The molecule has 100 valence electrons. The van der Waals surface area contributed by atoms with Gasteiger partial charge in [-0.15, -0.1) is 0 Å². The Morgan fingerprint density at radius 1 is 1.47 bits per heavy atom. The third-order valence-electron chi connectivity index (χ3n) is 3.57. The molecule has 0 aromatic carbocycles. The molecule has 1 N–H and O–H groups in total. The summed E-state index contributed by atoms with van der Waals surface area (Å²) in [6.45, 7) is 2.02. The van der Waals surface area contributed by atoms with Crippen LogP contribution in [-0.2, 0) is 6.42 Å². The molecule has 1 fully saturated rings. The van der Waals surface area contributed by atoms with Crippen molar-refractivity contribution in [3.63, 3.8) is 0 Å². The van der Waals surface area contributed by atoms with Crippen LogP contribution in [0.2, 0.25) is 0 Å². The summed E-state index contributed by atoms with van der Waals surface area (Å²) in [5.41, 5.74) is 1.91. The molecule has 2 heterocycles. The van der Waals surface area contributed by atoms with Gasteiger partial charge in [-0.2, -0.15) is 4.98 Å². The lowest BCUT2D eigenvalue weighted by Gasteiger charge is -2.11. The van der Waals surface area contributed by atoms with Crippen LogP contribution in [0.25, 0.3) is 11.5 Å². The van der Waals surface area contributed by atoms with Crippen molar-refractivity contribution in [2.24, 2.45) is 5.92 Å². The summed E-state index contributed by atoms with van der Waals surface area (Å²) in [6, 6.07) is 4.36. The van der Waals surface area contributed by atoms with Crippen LogP contribution in [0.15, 0.2) is 22.9 Å². The first-order valence-electron chi connectivity index (χ1n) is 6.69. The van der Waals surface area contributed by atoms with Gasteiger partial charge in [0.2, 0.25) is 11.7 Å². The molecule has 5 heteroatoms. The number of hydrogen-bond donors (Lipinski definition) is 1. The fraction of sp³-hybridized carbons (Fsp3) is 0.500. The Balaban J connectivity index is 1.75. The third kappa shape index (κ3) is 2.81. The van der Waals surface area contributed by atoms with Gasteiger partial charge >= 0.3 is 0 Å². The summed E-state index contributed by atoms with van der Waals surface area (Å²) in [6.07, 6.45) is 5.15. The summed E-state index contributed by atoms with van der Waals surface area (Å²) in [4.78, 5) is 8.71. The highest BCUT2D eigenvalue weighted by atomic mass is 16.5. The number of pyridine rings is 1. The van der Waals surface area contributed by atoms with E-state index >= 15 is 0 Å². The number of nitrogens with one attached hydrogen (secondary N) is 1. The van der Waals surface area contributed by atoms with Gasteiger partial charge in [-0.1, -0.05) is 5.16 Å². The minimum Gasteiger partial charge on any atom is -0.339 e. The van der Waals surface area contributed by atoms with Crippen molar-refractivity contribution in [1.29, 1.82) is 0 Å². The second-order valence-electron chi connectivity index (χ2n) is 5.17. The minimum absolute atomic E-state index is 0.443. The van der Waals surface area contributed by atoms with E-state index in [2.05, 4.69) is 20.4 Å². The van der Waals surface area contributed by atoms with Crippen molar-refractivity contribution in [2.75, 3.05) is 7.05 Å². The average molecular weight is 258 g/mol. The van der Waals surface area contributed by atoms with Crippen LogP contribution in [0.3, 0.4) is 0 Å². The number of hydrogen-bond acceptors (Lipinski definition) is 5. The van der Waals surface area contributed by atoms with E-state index in [1.165, 1.54) is 12.8 Å². The van der Waals surface area contributed by atoms with Gasteiger partial charge in [-0.05, 0) is 50.4 Å². The lowest BCUT2D eigenvalue weighted by Crippen LogP contribution is -2.29. The Morgan fingerprint density at radius 2 is 2.32 bits per heavy atom. The molecule has 2 aromatic heterocycles. The topological polar surface area (TPSA) is 63.8 Å². The predicted molar refractivity (Wildman–Crippen MR) is 71.5 cm³/mol. The number of nitrogens with zero attached hydrogens (tertiary/aromatic N) is 3. The van der Waals surface area contributed by atoms with Crippen molar-refractivity contribution >= 4 is 0 Å². The normalized spacial score (nSPS) is 16.5. The Hall–Kier alpha value is -1.75. The van der Waals surface area contributed by atoms with Gasteiger partial charge < -0.3 is 9.84 Å². The molecule has 1 atom stereocenters. The van der Waals surface area contributed by atoms with E-state index in [-0.39, 0.29) is 0 Å². The van der Waals surface area contributed by atoms with Crippen LogP contribution in [0.4, 0.5) is 0 Å². The largest absolute Gasteiger partial charge is 0.339 e. The van der Waals surface area contributed by atoms with E-state index in [0.29, 0.717) is 17.8 Å². The van der Waals surface area contributed by atoms with E-state index in [9.17, 15) is 0 Å². The van der Waals surface area contributed by atoms with Crippen LogP contribution < -0.4 is 5.32 Å². The van der Waals surface area contributed by atoms with Gasteiger partial charge in [0.15, 0.2) is 0 Å². The Labute approximate surface area is 112 Å². The van der Waals surface area contributed by atoms with Crippen LogP contribution in [-0.4, -0.2) is 28.2 Å². The molecule has 0 amide bonds. The summed E-state index contributed by atoms with van der Waals surface area (Å²) < 4.78 is 5.33. The van der Waals surface area contributed by atoms with E-state index in [1.807, 2.05) is 26.1 Å². The molecule has 0 aliphatic heterocycles. The van der Waals surface area contributed by atoms with Gasteiger partial charge in [0.1, 0.15) is 5.69 Å². The zero-order valence-corrected chi connectivity index (χ0v) is 11.3. The zero-order chi connectivity index (χ0) is 13.2. The molecule has 0 saturated heterocycles. The third-order valence-corrected chi connectivity index (χ3v) is 3.57. The molecule has 5 nitrogen and oxygen atoms in total. The van der Waals surface area contributed by atoms with Gasteiger partial charge in [-0.25, -0.2) is 0 Å². The van der Waals surface area contributed by atoms with Crippen molar-refractivity contribution in [3.8, 4) is 11.5 Å². The van der Waals surface area contributed by atoms with Gasteiger partial charge in [0, 0.05) is 18.7 Å². The maximum Gasteiger partial charge on any atom is 0.228 e. The highest BCUT2D eigenvalue weighted by molar-refractivity contribution is 5.48. The molecule has 3 rings (SSSR count). The average Bonchev–Trinajstić information content (AvgIpc) is 3.15. The maximum absolute atomic E-state index is 5.33. The van der Waals surface area contributed by atoms with E-state index < -0.39 is 0 Å². The van der Waals surface area contributed by atoms with Crippen molar-refractivity contribution in [1.82, 2.24) is 20.4 Å². The highest BCUT2D eigenvalue weighted by Crippen LogP contribution is 2.33. The molecule has 0 bridgehead atoms. The second kappa shape index (κ2) is 5.09. The lowest BCUT2D eigenvalue weighted by atomic mass is 10.1. The number of aryl methyl sites for hydroxylation is 1. The highest BCUT2D eigenvalue weighted by Gasteiger charge is 2.31. The quantitative estimate of drug-likeness (QED) is 0.888. The van der Waals surface area contributed by atoms with Crippen LogP contribution >= 0.6 is 0 Å². The second-order valence-corrected chi connectivity index (χ2v) is 5.17. The molecule has 1 aliphatic carbocycles. The number of rotatable bonds is 5. The smallest absolute Gasteiger partial charge is 0.228 e. The van der Waals surface area contributed by atoms with Gasteiger partial charge in [0.05, 0.1) is 0 Å². The van der Waals surface area contributed by atoms with E-state index in [1.54, 1.807) is 6.20 Å². The van der Waals surface area contributed by atoms with Gasteiger partial charge in [0.25, 0.3) is 0 Å². The Kier molecular flexibility index (Phi) is 3.29. The molecular weight excluding hydrogens is 240 g/mol. The standard InChI is InChI=1S/C14H18N4O/c1-9-5-6-16-12(7-9)14-17-13(19-18-14)8-11(15-2)10-3-4-10/h5-7,10-11,15H,3-4,8H2,1-2H3. The van der Waals surface area contributed by atoms with Crippen LogP contribution in [0.1, 0.15) is 24.3 Å². The van der Waals surface area contributed by atoms with Crippen molar-refractivity contribution in [2.45, 2.75) is 32.2 Å². The zero-order valence-electron chi connectivity index (χ0n) is 11.3. The fourth-order valence-electron chi connectivity index (χ4n) is 2.29. The molecule has 0 radical (unpaired) electrons. The number of aromatic nitrogens is 3. The monoisotopic (exact) mass is 258 g/mol. The molecule has 1 aliphatic rings. The lowest BCUT2D eigenvalue weighted by molar-refractivity contribution is 0.352. The Bertz CT molecular complexity index is 562. The fourth-order valence-corrected chi connectivity index (χ4v) is 2.29. The maximum atomic E-state index is 5.33. The summed E-state index contributed by atoms with van der Waals surface area (Å²) in [7, 11) is 1.99. The summed E-state index contributed by atoms with van der Waals surface area (Å²) in [5.74, 6) is 2.02. The van der Waals surface area contributed by atoms with Crippen molar-refractivity contribution in [3.05, 3.63) is 29.8 Å². The summed E-state index contributed by atoms with van der Waals surface area (Å²) >= 11 is 0. The Morgan fingerprint density at radius 3 is 3.00 bits per heavy atom. The molecule has 1 saturated carbocycles. The molecule has 2 aromatic rings. The van der Waals surface area contributed by atoms with E-state index in [4.69, 9.17) is 4.52 Å². The number of likely N-dealkylation sites (N-methyl/N-ethyl adjacent to an activating group) is 1. The SMILES string of the molecule is CNC(Cc1nc(-c2cc(C)ccn2)no1)C1CC1. The first-order valence-corrected chi connectivity index (χ1v) is 6.69. The predicted octanol–water partition coefficient (Wildman–Crippen LogP) is 1.98. The first-order chi connectivity index (χ1) is 9.26. The molecule has 19 heavy (non-hydrogen) atoms. The van der Waals surface area contributed by atoms with Gasteiger partial charge in [-0.3, -0.25) is 4.98 Å². The first kappa shape index (κ1) is 12.3. The summed E-state index contributed by atoms with van der Waals surface area (Å²) in [5, 5.41) is 7.35. The molecule has 0 spiro atoms.